The first kappa shape index (κ1) is 17.0. The molecule has 25 heavy (non-hydrogen) atoms. The van der Waals surface area contributed by atoms with E-state index >= 15 is 0 Å². The number of ether oxygens (including phenoxy) is 1. The number of nitrogens with zero attached hydrogens (tertiary/aromatic N) is 2. The lowest BCUT2D eigenvalue weighted by Gasteiger charge is -2.22. The molecule has 1 aliphatic carbocycles. The van der Waals surface area contributed by atoms with Gasteiger partial charge in [0, 0.05) is 18.3 Å². The van der Waals surface area contributed by atoms with E-state index in [1.54, 1.807) is 30.5 Å². The summed E-state index contributed by atoms with van der Waals surface area (Å²) in [6.07, 6.45) is 7.28. The van der Waals surface area contributed by atoms with Gasteiger partial charge in [0.05, 0.1) is 17.2 Å². The number of carbonyl (C=O) groups excluding carboxylic acids is 1. The van der Waals surface area contributed by atoms with Gasteiger partial charge in [-0.15, -0.1) is 0 Å². The van der Waals surface area contributed by atoms with Crippen molar-refractivity contribution in [2.75, 3.05) is 0 Å². The molecule has 0 atom stereocenters. The van der Waals surface area contributed by atoms with Gasteiger partial charge in [-0.2, -0.15) is 5.26 Å². The molecule has 0 radical (unpaired) electrons. The second-order valence-electron chi connectivity index (χ2n) is 6.29. The monoisotopic (exact) mass is 335 g/mol. The van der Waals surface area contributed by atoms with Crippen LogP contribution in [0, 0.1) is 11.3 Å². The molecule has 1 aromatic heterocycles. The minimum atomic E-state index is -0.0762. The molecule has 128 valence electrons. The highest BCUT2D eigenvalue weighted by atomic mass is 16.5. The van der Waals surface area contributed by atoms with E-state index in [-0.39, 0.29) is 11.9 Å². The van der Waals surface area contributed by atoms with Crippen molar-refractivity contribution in [2.24, 2.45) is 0 Å². The van der Waals surface area contributed by atoms with Gasteiger partial charge in [0.1, 0.15) is 6.61 Å². The van der Waals surface area contributed by atoms with Crippen molar-refractivity contribution in [3.05, 3.63) is 59.3 Å². The molecule has 1 N–H and O–H groups in total. The zero-order chi connectivity index (χ0) is 17.5. The first-order chi connectivity index (χ1) is 12.2. The van der Waals surface area contributed by atoms with Crippen LogP contribution in [0.3, 0.4) is 0 Å². The predicted octanol–water partition coefficient (Wildman–Crippen LogP) is 3.59. The lowest BCUT2D eigenvalue weighted by Crippen LogP contribution is -2.36. The third-order valence-corrected chi connectivity index (χ3v) is 4.38. The summed E-state index contributed by atoms with van der Waals surface area (Å²) < 4.78 is 5.62. The number of nitriles is 1. The van der Waals surface area contributed by atoms with Crippen LogP contribution in [0.5, 0.6) is 5.88 Å². The lowest BCUT2D eigenvalue weighted by molar-refractivity contribution is 0.0927. The van der Waals surface area contributed by atoms with Crippen molar-refractivity contribution in [1.82, 2.24) is 10.3 Å². The number of aromatic nitrogens is 1. The summed E-state index contributed by atoms with van der Waals surface area (Å²) in [6, 6.07) is 13.1. The highest BCUT2D eigenvalue weighted by Crippen LogP contribution is 2.18. The van der Waals surface area contributed by atoms with Crippen LogP contribution in [0.4, 0.5) is 0 Å². The van der Waals surface area contributed by atoms with E-state index in [1.807, 2.05) is 12.1 Å². The molecule has 0 spiro atoms. The van der Waals surface area contributed by atoms with Gasteiger partial charge in [0.25, 0.3) is 5.91 Å². The highest BCUT2D eigenvalue weighted by molar-refractivity contribution is 5.94. The van der Waals surface area contributed by atoms with Gasteiger partial charge in [-0.3, -0.25) is 4.79 Å². The number of hydrogen-bond acceptors (Lipinski definition) is 4. The van der Waals surface area contributed by atoms with Crippen molar-refractivity contribution >= 4 is 5.91 Å². The Morgan fingerprint density at radius 3 is 2.80 bits per heavy atom. The second-order valence-corrected chi connectivity index (χ2v) is 6.29. The molecular weight excluding hydrogens is 314 g/mol. The van der Waals surface area contributed by atoms with Crippen molar-refractivity contribution in [3.63, 3.8) is 0 Å². The molecule has 0 unspecified atom stereocenters. The van der Waals surface area contributed by atoms with Gasteiger partial charge in [-0.05, 0) is 36.6 Å². The SMILES string of the molecule is N#Cc1cccc(COc2ccc(C(=O)NC3CCCCC3)cn2)c1. The topological polar surface area (TPSA) is 75.0 Å². The molecule has 5 nitrogen and oxygen atoms in total. The number of amides is 1. The third kappa shape index (κ3) is 4.80. The van der Waals surface area contributed by atoms with Crippen LogP contribution in [-0.4, -0.2) is 16.9 Å². The number of rotatable bonds is 5. The Morgan fingerprint density at radius 1 is 1.24 bits per heavy atom. The maximum atomic E-state index is 12.3. The molecule has 1 heterocycles. The van der Waals surface area contributed by atoms with E-state index < -0.39 is 0 Å². The average molecular weight is 335 g/mol. The molecular formula is C20H21N3O2. The van der Waals surface area contributed by atoms with Crippen LogP contribution < -0.4 is 10.1 Å². The summed E-state index contributed by atoms with van der Waals surface area (Å²) in [5.74, 6) is 0.379. The molecule has 0 aliphatic heterocycles. The number of hydrogen-bond donors (Lipinski definition) is 1. The largest absolute Gasteiger partial charge is 0.473 e. The lowest BCUT2D eigenvalue weighted by atomic mass is 9.95. The molecule has 1 fully saturated rings. The minimum absolute atomic E-state index is 0.0762. The molecule has 2 aromatic rings. The molecule has 0 bridgehead atoms. The van der Waals surface area contributed by atoms with Crippen LogP contribution in [0.1, 0.15) is 53.6 Å². The van der Waals surface area contributed by atoms with E-state index in [9.17, 15) is 4.79 Å². The van der Waals surface area contributed by atoms with Gasteiger partial charge >= 0.3 is 0 Å². The van der Waals surface area contributed by atoms with Crippen LogP contribution in [0.15, 0.2) is 42.6 Å². The van der Waals surface area contributed by atoms with Crippen LogP contribution in [-0.2, 0) is 6.61 Å². The fourth-order valence-corrected chi connectivity index (χ4v) is 3.00. The molecule has 0 saturated heterocycles. The summed E-state index contributed by atoms with van der Waals surface area (Å²) in [4.78, 5) is 16.5. The first-order valence-electron chi connectivity index (χ1n) is 8.63. The smallest absolute Gasteiger partial charge is 0.253 e. The van der Waals surface area contributed by atoms with E-state index in [2.05, 4.69) is 16.4 Å². The summed E-state index contributed by atoms with van der Waals surface area (Å²) in [6.45, 7) is 0.330. The maximum absolute atomic E-state index is 12.3. The molecule has 1 saturated carbocycles. The molecule has 1 aromatic carbocycles. The molecule has 3 rings (SSSR count). The van der Waals surface area contributed by atoms with E-state index in [1.165, 1.54) is 19.3 Å². The average Bonchev–Trinajstić information content (AvgIpc) is 2.67. The maximum Gasteiger partial charge on any atom is 0.253 e. The zero-order valence-corrected chi connectivity index (χ0v) is 14.1. The van der Waals surface area contributed by atoms with Gasteiger partial charge in [-0.25, -0.2) is 4.98 Å². The number of nitrogens with one attached hydrogen (secondary N) is 1. The minimum Gasteiger partial charge on any atom is -0.473 e. The van der Waals surface area contributed by atoms with Crippen LogP contribution in [0.2, 0.25) is 0 Å². The standard InChI is InChI=1S/C20H21N3O2/c21-12-15-5-4-6-16(11-15)14-25-19-10-9-17(13-22-19)20(24)23-18-7-2-1-3-8-18/h4-6,9-11,13,18H,1-3,7-8,14H2,(H,23,24). The van der Waals surface area contributed by atoms with Crippen LogP contribution >= 0.6 is 0 Å². The normalized spacial score (nSPS) is 14.5. The van der Waals surface area contributed by atoms with Crippen LogP contribution in [0.25, 0.3) is 0 Å². The van der Waals surface area contributed by atoms with Gasteiger partial charge in [-0.1, -0.05) is 31.4 Å². The number of pyridine rings is 1. The van der Waals surface area contributed by atoms with E-state index in [0.29, 0.717) is 23.6 Å². The van der Waals surface area contributed by atoms with Crippen molar-refractivity contribution in [2.45, 2.75) is 44.8 Å². The summed E-state index contributed by atoms with van der Waals surface area (Å²) in [5, 5.41) is 12.0. The Bertz CT molecular complexity index is 759. The first-order valence-corrected chi connectivity index (χ1v) is 8.63. The molecule has 1 aliphatic rings. The van der Waals surface area contributed by atoms with Gasteiger partial charge in [0.15, 0.2) is 0 Å². The molecule has 5 heteroatoms. The summed E-state index contributed by atoms with van der Waals surface area (Å²) >= 11 is 0. The quantitative estimate of drug-likeness (QED) is 0.906. The zero-order valence-electron chi connectivity index (χ0n) is 14.1. The number of benzene rings is 1. The van der Waals surface area contributed by atoms with Crippen molar-refractivity contribution in [1.29, 1.82) is 5.26 Å². The van der Waals surface area contributed by atoms with Gasteiger partial charge in [0.2, 0.25) is 5.88 Å². The van der Waals surface area contributed by atoms with Gasteiger partial charge < -0.3 is 10.1 Å². The van der Waals surface area contributed by atoms with E-state index in [0.717, 1.165) is 18.4 Å². The fraction of sp³-hybridized carbons (Fsp3) is 0.350. The number of carbonyl (C=O) groups is 1. The predicted molar refractivity (Wildman–Crippen MR) is 94.1 cm³/mol. The Balaban J connectivity index is 1.54. The Labute approximate surface area is 147 Å². The fourth-order valence-electron chi connectivity index (χ4n) is 3.00. The Kier molecular flexibility index (Phi) is 5.63. The van der Waals surface area contributed by atoms with Crippen molar-refractivity contribution in [3.8, 4) is 11.9 Å². The van der Waals surface area contributed by atoms with Crippen molar-refractivity contribution < 1.29 is 9.53 Å². The Hall–Kier alpha value is -2.87. The summed E-state index contributed by atoms with van der Waals surface area (Å²) in [7, 11) is 0. The van der Waals surface area contributed by atoms with E-state index in [4.69, 9.17) is 10.00 Å². The third-order valence-electron chi connectivity index (χ3n) is 4.38. The Morgan fingerprint density at radius 2 is 2.08 bits per heavy atom. The second kappa shape index (κ2) is 8.29. The summed E-state index contributed by atoms with van der Waals surface area (Å²) in [5.41, 5.74) is 2.05. The highest BCUT2D eigenvalue weighted by Gasteiger charge is 2.16. The molecule has 1 amide bonds.